The molecule has 28 heavy (non-hydrogen) atoms. The van der Waals surface area contributed by atoms with Gasteiger partial charge in [0.05, 0.1) is 31.4 Å². The molecule has 0 radical (unpaired) electrons. The number of halogens is 1. The van der Waals surface area contributed by atoms with Crippen LogP contribution in [0.1, 0.15) is 23.0 Å². The van der Waals surface area contributed by atoms with E-state index in [1.165, 1.54) is 6.08 Å². The molecule has 0 saturated heterocycles. The van der Waals surface area contributed by atoms with Gasteiger partial charge in [0.2, 0.25) is 5.91 Å². The van der Waals surface area contributed by atoms with E-state index in [4.69, 9.17) is 4.74 Å². The number of alkyl halides is 1. The molecule has 1 aromatic heterocycles. The topological polar surface area (TPSA) is 56.1 Å². The fraction of sp³-hybridized carbons (Fsp3) is 0.182. The number of nitrogens with zero attached hydrogens (tertiary/aromatic N) is 2. The highest BCUT2D eigenvalue weighted by molar-refractivity contribution is 5.91. The quantitative estimate of drug-likeness (QED) is 0.631. The Kier molecular flexibility index (Phi) is 6.22. The molecule has 3 rings (SSSR count). The lowest BCUT2D eigenvalue weighted by Gasteiger charge is -2.10. The zero-order valence-corrected chi connectivity index (χ0v) is 15.8. The molecule has 1 heterocycles. The van der Waals surface area contributed by atoms with Gasteiger partial charge in [0.15, 0.2) is 0 Å². The summed E-state index contributed by atoms with van der Waals surface area (Å²) in [6.07, 6.45) is 5.43. The van der Waals surface area contributed by atoms with Crippen LogP contribution in [-0.2, 0) is 4.79 Å². The Labute approximate surface area is 163 Å². The molecule has 2 aromatic carbocycles. The van der Waals surface area contributed by atoms with E-state index in [2.05, 4.69) is 10.3 Å². The molecule has 0 aliphatic carbocycles. The fourth-order valence-corrected chi connectivity index (χ4v) is 2.76. The Morgan fingerprint density at radius 2 is 2.07 bits per heavy atom. The summed E-state index contributed by atoms with van der Waals surface area (Å²) >= 11 is 0. The van der Waals surface area contributed by atoms with Gasteiger partial charge < -0.3 is 14.6 Å². The number of methoxy groups -OCH3 is 1. The number of hydrogen-bond donors (Lipinski definition) is 1. The summed E-state index contributed by atoms with van der Waals surface area (Å²) in [6, 6.07) is 14.4. The van der Waals surface area contributed by atoms with Crippen molar-refractivity contribution >= 4 is 12.0 Å². The molecule has 1 amide bonds. The average Bonchev–Trinajstić information content (AvgIpc) is 3.16. The standard InChI is InChI=1S/C22H22FN3O2/c1-16-14-26(15-25-16)20-10-8-17(12-21(20)28-2)9-11-22(27)24-13-19(23)18-6-4-3-5-7-18/h3-12,14-15,19H,13H2,1-2H3,(H,24,27)/t19-/m0/s1. The Balaban J connectivity index is 1.62. The number of imidazole rings is 1. The number of aryl methyl sites for hydroxylation is 1. The number of carbonyl (C=O) groups is 1. The zero-order valence-electron chi connectivity index (χ0n) is 15.8. The number of amides is 1. The molecule has 0 fully saturated rings. The van der Waals surface area contributed by atoms with Crippen LogP contribution < -0.4 is 10.1 Å². The maximum absolute atomic E-state index is 14.1. The molecule has 1 atom stereocenters. The van der Waals surface area contributed by atoms with Crippen molar-refractivity contribution in [3.8, 4) is 11.4 Å². The van der Waals surface area contributed by atoms with Gasteiger partial charge in [-0.2, -0.15) is 0 Å². The van der Waals surface area contributed by atoms with Gasteiger partial charge in [-0.25, -0.2) is 9.37 Å². The summed E-state index contributed by atoms with van der Waals surface area (Å²) in [5.41, 5.74) is 3.10. The molecule has 5 nitrogen and oxygen atoms in total. The molecule has 1 N–H and O–H groups in total. The van der Waals surface area contributed by atoms with Crippen molar-refractivity contribution in [2.24, 2.45) is 0 Å². The highest BCUT2D eigenvalue weighted by Crippen LogP contribution is 2.25. The molecule has 0 saturated carbocycles. The lowest BCUT2D eigenvalue weighted by atomic mass is 10.1. The van der Waals surface area contributed by atoms with Crippen molar-refractivity contribution in [2.75, 3.05) is 13.7 Å². The van der Waals surface area contributed by atoms with Crippen molar-refractivity contribution in [3.05, 3.63) is 84.0 Å². The number of benzene rings is 2. The van der Waals surface area contributed by atoms with E-state index in [0.29, 0.717) is 11.3 Å². The molecule has 144 valence electrons. The summed E-state index contributed by atoms with van der Waals surface area (Å²) < 4.78 is 21.4. The summed E-state index contributed by atoms with van der Waals surface area (Å²) in [5, 5.41) is 2.58. The largest absolute Gasteiger partial charge is 0.495 e. The van der Waals surface area contributed by atoms with Crippen LogP contribution in [0, 0.1) is 6.92 Å². The third-order valence-electron chi connectivity index (χ3n) is 4.24. The monoisotopic (exact) mass is 379 g/mol. The Morgan fingerprint density at radius 1 is 1.29 bits per heavy atom. The Morgan fingerprint density at radius 3 is 2.75 bits per heavy atom. The summed E-state index contributed by atoms with van der Waals surface area (Å²) in [7, 11) is 1.59. The van der Waals surface area contributed by atoms with Gasteiger partial charge in [0.25, 0.3) is 0 Å². The first kappa shape index (κ1) is 19.4. The second-order valence-corrected chi connectivity index (χ2v) is 6.31. The number of hydrogen-bond acceptors (Lipinski definition) is 3. The minimum Gasteiger partial charge on any atom is -0.495 e. The minimum atomic E-state index is -1.24. The first-order valence-electron chi connectivity index (χ1n) is 8.91. The third-order valence-corrected chi connectivity index (χ3v) is 4.24. The molecule has 0 spiro atoms. The van der Waals surface area contributed by atoms with E-state index < -0.39 is 6.17 Å². The molecule has 3 aromatic rings. The van der Waals surface area contributed by atoms with Gasteiger partial charge in [0, 0.05) is 12.3 Å². The number of ether oxygens (including phenoxy) is 1. The lowest BCUT2D eigenvalue weighted by molar-refractivity contribution is -0.116. The maximum atomic E-state index is 14.1. The lowest BCUT2D eigenvalue weighted by Crippen LogP contribution is -2.25. The number of nitrogens with one attached hydrogen (secondary N) is 1. The third kappa shape index (κ3) is 4.85. The summed E-state index contributed by atoms with van der Waals surface area (Å²) in [6.45, 7) is 1.84. The van der Waals surface area contributed by atoms with Crippen molar-refractivity contribution in [2.45, 2.75) is 13.1 Å². The molecule has 0 bridgehead atoms. The van der Waals surface area contributed by atoms with Crippen LogP contribution in [0.5, 0.6) is 5.75 Å². The molecular formula is C22H22FN3O2. The van der Waals surface area contributed by atoms with Crippen molar-refractivity contribution in [1.82, 2.24) is 14.9 Å². The Hall–Kier alpha value is -3.41. The molecular weight excluding hydrogens is 357 g/mol. The van der Waals surface area contributed by atoms with Gasteiger partial charge in [-0.1, -0.05) is 36.4 Å². The van der Waals surface area contributed by atoms with E-state index in [9.17, 15) is 9.18 Å². The molecule has 0 aliphatic heterocycles. The predicted molar refractivity (Wildman–Crippen MR) is 107 cm³/mol. The first-order chi connectivity index (χ1) is 13.6. The number of rotatable bonds is 7. The van der Waals surface area contributed by atoms with Gasteiger partial charge in [-0.05, 0) is 36.3 Å². The normalized spacial score (nSPS) is 12.1. The summed E-state index contributed by atoms with van der Waals surface area (Å²) in [5.74, 6) is 0.305. The van der Waals surface area contributed by atoms with Crippen LogP contribution in [0.2, 0.25) is 0 Å². The van der Waals surface area contributed by atoms with Crippen molar-refractivity contribution in [3.63, 3.8) is 0 Å². The SMILES string of the molecule is COc1cc(C=CC(=O)NC[C@H](F)c2ccccc2)ccc1-n1cnc(C)c1. The smallest absolute Gasteiger partial charge is 0.244 e. The Bertz CT molecular complexity index is 967. The van der Waals surface area contributed by atoms with E-state index >= 15 is 0 Å². The van der Waals surface area contributed by atoms with E-state index in [-0.39, 0.29) is 12.5 Å². The summed E-state index contributed by atoms with van der Waals surface area (Å²) in [4.78, 5) is 16.2. The van der Waals surface area contributed by atoms with Gasteiger partial charge >= 0.3 is 0 Å². The van der Waals surface area contributed by atoms with E-state index in [1.807, 2.05) is 42.0 Å². The first-order valence-corrected chi connectivity index (χ1v) is 8.91. The number of carbonyl (C=O) groups excluding carboxylic acids is 1. The van der Waals surface area contributed by atoms with Crippen LogP contribution in [0.15, 0.2) is 67.1 Å². The second-order valence-electron chi connectivity index (χ2n) is 6.31. The zero-order chi connectivity index (χ0) is 19.9. The average molecular weight is 379 g/mol. The minimum absolute atomic E-state index is 0.0740. The second kappa shape index (κ2) is 8.99. The highest BCUT2D eigenvalue weighted by atomic mass is 19.1. The van der Waals surface area contributed by atoms with Crippen LogP contribution in [0.3, 0.4) is 0 Å². The van der Waals surface area contributed by atoms with E-state index in [0.717, 1.165) is 16.9 Å². The van der Waals surface area contributed by atoms with Crippen molar-refractivity contribution < 1.29 is 13.9 Å². The maximum Gasteiger partial charge on any atom is 0.244 e. The van der Waals surface area contributed by atoms with Crippen LogP contribution >= 0.6 is 0 Å². The number of aromatic nitrogens is 2. The van der Waals surface area contributed by atoms with Crippen molar-refractivity contribution in [1.29, 1.82) is 0 Å². The van der Waals surface area contributed by atoms with E-state index in [1.54, 1.807) is 43.8 Å². The molecule has 0 aliphatic rings. The predicted octanol–water partition coefficient (Wildman–Crippen LogP) is 4.03. The molecule has 0 unspecified atom stereocenters. The fourth-order valence-electron chi connectivity index (χ4n) is 2.76. The highest BCUT2D eigenvalue weighted by Gasteiger charge is 2.10. The van der Waals surface area contributed by atoms with Gasteiger partial charge in [0.1, 0.15) is 11.9 Å². The van der Waals surface area contributed by atoms with Crippen LogP contribution in [0.25, 0.3) is 11.8 Å². The van der Waals surface area contributed by atoms with Gasteiger partial charge in [-0.3, -0.25) is 4.79 Å². The van der Waals surface area contributed by atoms with Crippen LogP contribution in [-0.4, -0.2) is 29.1 Å². The van der Waals surface area contributed by atoms with Crippen LogP contribution in [0.4, 0.5) is 4.39 Å². The molecule has 6 heteroatoms. The van der Waals surface area contributed by atoms with Gasteiger partial charge in [-0.15, -0.1) is 0 Å².